The summed E-state index contributed by atoms with van der Waals surface area (Å²) in [5.74, 6) is 0. The van der Waals surface area contributed by atoms with Crippen LogP contribution in [0.25, 0.3) is 141 Å². The molecule has 0 saturated carbocycles. The standard InChI is InChI=1S/C46H28.C16H7Br3.C10H9BO2/c1-4-10-33-25-36(16-13-29(33)7-1)39-21-19-32-20-22-41-43(37-17-14-30-8-2-5-11-34(30)26-37)28-44(42-24-23-40(39)45(32)46(41)42)38-18-15-31-9-3-6-12-35(31)27-38;17-12-6-2-8-1-3-10-13(18)7-14(19)11-5-4-9(12)15(8)16(10)11;12-11(13)10-6-5-8-3-1-2-4-9(8)7-10/h1-28H;1-7H;1-7,12-13H. The van der Waals surface area contributed by atoms with Gasteiger partial charge in [0.15, 0.2) is 0 Å². The zero-order chi connectivity index (χ0) is 52.6. The van der Waals surface area contributed by atoms with Crippen LogP contribution in [-0.4, -0.2) is 17.2 Å². The van der Waals surface area contributed by atoms with E-state index in [2.05, 4.69) is 260 Å². The summed E-state index contributed by atoms with van der Waals surface area (Å²) in [5, 5.41) is 43.1. The fourth-order valence-corrected chi connectivity index (χ4v) is 13.7. The van der Waals surface area contributed by atoms with E-state index < -0.39 is 7.12 Å². The number of hydrogen-bond acceptors (Lipinski definition) is 2. The Labute approximate surface area is 476 Å². The van der Waals surface area contributed by atoms with Crippen LogP contribution in [0.3, 0.4) is 0 Å². The van der Waals surface area contributed by atoms with Crippen LogP contribution in [0, 0.1) is 0 Å². The molecule has 0 fully saturated rings. The molecule has 0 spiro atoms. The van der Waals surface area contributed by atoms with Crippen molar-refractivity contribution in [2.45, 2.75) is 0 Å². The van der Waals surface area contributed by atoms with Gasteiger partial charge in [0.05, 0.1) is 0 Å². The van der Waals surface area contributed by atoms with Crippen LogP contribution in [0.1, 0.15) is 0 Å². The van der Waals surface area contributed by atoms with Crippen molar-refractivity contribution in [2.24, 2.45) is 0 Å². The highest BCUT2D eigenvalue weighted by Crippen LogP contribution is 2.47. The summed E-state index contributed by atoms with van der Waals surface area (Å²) in [4.78, 5) is 0. The van der Waals surface area contributed by atoms with Crippen LogP contribution in [0.5, 0.6) is 0 Å². The molecule has 0 radical (unpaired) electrons. The molecule has 6 heteroatoms. The largest absolute Gasteiger partial charge is 0.488 e. The molecule has 0 aliphatic rings. The van der Waals surface area contributed by atoms with Gasteiger partial charge < -0.3 is 10.0 Å². The van der Waals surface area contributed by atoms with Gasteiger partial charge >= 0.3 is 7.12 Å². The van der Waals surface area contributed by atoms with E-state index in [0.717, 1.165) is 24.2 Å². The summed E-state index contributed by atoms with van der Waals surface area (Å²) in [6.45, 7) is 0. The second-order valence-electron chi connectivity index (χ2n) is 20.1. The molecule has 0 saturated heterocycles. The van der Waals surface area contributed by atoms with Gasteiger partial charge in [-0.15, -0.1) is 0 Å². The van der Waals surface area contributed by atoms with E-state index in [4.69, 9.17) is 10.0 Å². The molecule has 0 aliphatic heterocycles. The van der Waals surface area contributed by atoms with E-state index in [1.165, 1.54) is 130 Å². The quantitative estimate of drug-likeness (QED) is 0.136. The molecule has 16 aromatic carbocycles. The minimum absolute atomic E-state index is 0.527. The number of benzene rings is 16. The van der Waals surface area contributed by atoms with Gasteiger partial charge in [0.1, 0.15) is 0 Å². The lowest BCUT2D eigenvalue weighted by Crippen LogP contribution is -2.29. The van der Waals surface area contributed by atoms with Crippen LogP contribution in [-0.2, 0) is 0 Å². The van der Waals surface area contributed by atoms with E-state index in [1.54, 1.807) is 12.1 Å². The maximum atomic E-state index is 8.94. The first-order valence-corrected chi connectivity index (χ1v) is 28.4. The molecule has 2 nitrogen and oxygen atoms in total. The Bertz CT molecular complexity index is 4890. The molecule has 0 unspecified atom stereocenters. The van der Waals surface area contributed by atoms with Crippen molar-refractivity contribution in [3.05, 3.63) is 268 Å². The fourth-order valence-electron chi connectivity index (χ4n) is 11.8. The van der Waals surface area contributed by atoms with E-state index in [9.17, 15) is 0 Å². The Balaban J connectivity index is 0.000000140. The van der Waals surface area contributed by atoms with Gasteiger partial charge in [-0.05, 0) is 183 Å². The predicted octanol–water partition coefficient (Wildman–Crippen LogP) is 20.4. The number of halogens is 3. The lowest BCUT2D eigenvalue weighted by atomic mass is 9.79. The van der Waals surface area contributed by atoms with Crippen LogP contribution in [0.2, 0.25) is 0 Å². The minimum Gasteiger partial charge on any atom is -0.423 e. The Morgan fingerprint density at radius 2 is 0.564 bits per heavy atom. The van der Waals surface area contributed by atoms with Crippen molar-refractivity contribution >= 4 is 168 Å². The highest BCUT2D eigenvalue weighted by atomic mass is 79.9. The zero-order valence-electron chi connectivity index (χ0n) is 41.9. The molecule has 0 aromatic heterocycles. The topological polar surface area (TPSA) is 40.5 Å². The van der Waals surface area contributed by atoms with Gasteiger partial charge in [0.25, 0.3) is 0 Å². The Hall–Kier alpha value is -7.94. The van der Waals surface area contributed by atoms with Gasteiger partial charge in [0, 0.05) is 13.4 Å². The lowest BCUT2D eigenvalue weighted by molar-refractivity contribution is 0.426. The van der Waals surface area contributed by atoms with Gasteiger partial charge in [0.2, 0.25) is 0 Å². The van der Waals surface area contributed by atoms with Crippen molar-refractivity contribution in [3.8, 4) is 33.4 Å². The summed E-state index contributed by atoms with van der Waals surface area (Å²) in [7, 11) is -1.38. The molecule has 0 atom stereocenters. The Morgan fingerprint density at radius 1 is 0.231 bits per heavy atom. The molecule has 16 rings (SSSR count). The molecule has 16 aromatic rings. The summed E-state index contributed by atoms with van der Waals surface area (Å²) in [5.41, 5.74) is 8.08. The first-order chi connectivity index (χ1) is 38.2. The van der Waals surface area contributed by atoms with Gasteiger partial charge in [-0.25, -0.2) is 0 Å². The Morgan fingerprint density at radius 3 is 1.06 bits per heavy atom. The average Bonchev–Trinajstić information content (AvgIpc) is 3.66. The van der Waals surface area contributed by atoms with Crippen molar-refractivity contribution in [2.75, 3.05) is 0 Å². The average molecular weight is 1190 g/mol. The number of rotatable bonds is 4. The highest BCUT2D eigenvalue weighted by Gasteiger charge is 2.20. The SMILES string of the molecule is Brc1ccc2ccc3c(Br)cc(Br)c4ccc1c2c34.OB(O)c1ccc2ccccc2c1.c1ccc2cc(-c3ccc4ccc5c(-c6ccc7ccccc7c6)cc(-c6ccc7ccccc7c6)c6ccc3c4c56)ccc2c1. The van der Waals surface area contributed by atoms with Crippen molar-refractivity contribution in [1.82, 2.24) is 0 Å². The van der Waals surface area contributed by atoms with Crippen LogP contribution < -0.4 is 5.46 Å². The zero-order valence-corrected chi connectivity index (χ0v) is 46.6. The first-order valence-electron chi connectivity index (χ1n) is 26.0. The van der Waals surface area contributed by atoms with Crippen molar-refractivity contribution in [1.29, 1.82) is 0 Å². The fraction of sp³-hybridized carbons (Fsp3) is 0. The highest BCUT2D eigenvalue weighted by molar-refractivity contribution is 9.11. The summed E-state index contributed by atoms with van der Waals surface area (Å²) >= 11 is 11.0. The van der Waals surface area contributed by atoms with E-state index >= 15 is 0 Å². The second-order valence-corrected chi connectivity index (χ2v) is 22.7. The van der Waals surface area contributed by atoms with Crippen molar-refractivity contribution < 1.29 is 10.0 Å². The third-order valence-corrected chi connectivity index (χ3v) is 17.7. The number of hydrogen-bond donors (Lipinski definition) is 2. The smallest absolute Gasteiger partial charge is 0.423 e. The molecule has 0 heterocycles. The van der Waals surface area contributed by atoms with Crippen LogP contribution in [0.4, 0.5) is 0 Å². The summed E-state index contributed by atoms with van der Waals surface area (Å²) < 4.78 is 3.40. The third-order valence-electron chi connectivity index (χ3n) is 15.7. The van der Waals surface area contributed by atoms with Gasteiger partial charge in [-0.2, -0.15) is 0 Å². The van der Waals surface area contributed by atoms with E-state index in [-0.39, 0.29) is 0 Å². The van der Waals surface area contributed by atoms with E-state index in [1.807, 2.05) is 30.3 Å². The monoisotopic (exact) mass is 1190 g/mol. The predicted molar refractivity (Wildman–Crippen MR) is 346 cm³/mol. The maximum Gasteiger partial charge on any atom is 0.488 e. The molecular formula is C72H44BBr3O2. The molecular weight excluding hydrogens is 1150 g/mol. The van der Waals surface area contributed by atoms with Crippen molar-refractivity contribution in [3.63, 3.8) is 0 Å². The minimum atomic E-state index is -1.38. The maximum absolute atomic E-state index is 8.94. The molecule has 0 amide bonds. The molecule has 368 valence electrons. The van der Waals surface area contributed by atoms with Crippen LogP contribution >= 0.6 is 47.8 Å². The molecule has 78 heavy (non-hydrogen) atoms. The van der Waals surface area contributed by atoms with E-state index in [0.29, 0.717) is 5.46 Å². The second kappa shape index (κ2) is 19.8. The summed E-state index contributed by atoms with van der Waals surface area (Å²) in [6, 6.07) is 91.4. The molecule has 0 aliphatic carbocycles. The Kier molecular flexibility index (Phi) is 12.3. The summed E-state index contributed by atoms with van der Waals surface area (Å²) in [6.07, 6.45) is 0. The molecule has 2 N–H and O–H groups in total. The number of fused-ring (bicyclic) bond motifs is 4. The lowest BCUT2D eigenvalue weighted by Gasteiger charge is -2.20. The third kappa shape index (κ3) is 8.47. The normalized spacial score (nSPS) is 11.7. The molecule has 0 bridgehead atoms. The van der Waals surface area contributed by atoms with Gasteiger partial charge in [-0.3, -0.25) is 0 Å². The van der Waals surface area contributed by atoms with Gasteiger partial charge in [-0.1, -0.05) is 266 Å². The first kappa shape index (κ1) is 48.4. The van der Waals surface area contributed by atoms with Crippen LogP contribution in [0.15, 0.2) is 268 Å².